The van der Waals surface area contributed by atoms with E-state index in [1.807, 2.05) is 0 Å². The molecule has 0 aliphatic carbocycles. The van der Waals surface area contributed by atoms with Crippen LogP contribution in [0.4, 0.5) is 0 Å². The summed E-state index contributed by atoms with van der Waals surface area (Å²) in [5.41, 5.74) is 0. The average molecular weight is 216 g/mol. The smallest absolute Gasteiger partial charge is 0.238 e. The predicted octanol–water partition coefficient (Wildman–Crippen LogP) is 0.312. The normalized spacial score (nSPS) is 27.8. The zero-order valence-electron chi connectivity index (χ0n) is 7.84. The minimum atomic E-state index is 0.0118. The fourth-order valence-corrected chi connectivity index (χ4v) is 1.86. The molecule has 0 aromatic carbocycles. The molecule has 7 heteroatoms. The molecule has 1 aromatic heterocycles. The van der Waals surface area contributed by atoms with Gasteiger partial charge in [-0.05, 0) is 18.6 Å². The van der Waals surface area contributed by atoms with Crippen LogP contribution in [0.15, 0.2) is 0 Å². The van der Waals surface area contributed by atoms with Crippen molar-refractivity contribution < 1.29 is 9.47 Å². The molecular formula is C7H12N4O2S. The van der Waals surface area contributed by atoms with Gasteiger partial charge in [-0.1, -0.05) is 10.3 Å². The van der Waals surface area contributed by atoms with Crippen molar-refractivity contribution in [1.29, 1.82) is 0 Å². The number of nitrogens with zero attached hydrogens (tertiary/aromatic N) is 3. The van der Waals surface area contributed by atoms with Gasteiger partial charge in [0.05, 0.1) is 12.6 Å². The molecule has 1 saturated heterocycles. The van der Waals surface area contributed by atoms with Crippen LogP contribution in [-0.2, 0) is 9.47 Å². The Morgan fingerprint density at radius 1 is 1.71 bits per heavy atom. The lowest BCUT2D eigenvalue weighted by Gasteiger charge is -2.30. The van der Waals surface area contributed by atoms with E-state index in [4.69, 9.17) is 21.7 Å². The van der Waals surface area contributed by atoms with Crippen LogP contribution in [0.25, 0.3) is 0 Å². The Hall–Kier alpha value is -0.790. The summed E-state index contributed by atoms with van der Waals surface area (Å²) in [6.07, 6.45) is 0.870. The van der Waals surface area contributed by atoms with Gasteiger partial charge in [0.1, 0.15) is 6.10 Å². The number of hydrogen-bond donors (Lipinski definition) is 1. The highest BCUT2D eigenvalue weighted by Crippen LogP contribution is 2.22. The molecule has 0 spiro atoms. The third-order valence-electron chi connectivity index (χ3n) is 2.40. The first-order valence-electron chi connectivity index (χ1n) is 4.43. The number of rotatable bonds is 2. The van der Waals surface area contributed by atoms with Crippen LogP contribution in [-0.4, -0.2) is 46.6 Å². The van der Waals surface area contributed by atoms with Crippen LogP contribution in [0, 0.1) is 4.77 Å². The van der Waals surface area contributed by atoms with Crippen molar-refractivity contribution in [3.8, 4) is 0 Å². The van der Waals surface area contributed by atoms with E-state index < -0.39 is 0 Å². The lowest BCUT2D eigenvalue weighted by Crippen LogP contribution is -2.36. The minimum absolute atomic E-state index is 0.0118. The highest BCUT2D eigenvalue weighted by atomic mass is 32.1. The van der Waals surface area contributed by atoms with E-state index in [0.717, 1.165) is 6.42 Å². The molecule has 1 aromatic rings. The Morgan fingerprint density at radius 2 is 2.57 bits per heavy atom. The number of methoxy groups -OCH3 is 1. The Bertz CT molecular complexity index is 349. The highest BCUT2D eigenvalue weighted by molar-refractivity contribution is 7.71. The summed E-state index contributed by atoms with van der Waals surface area (Å²) in [5, 5.41) is 10.1. The molecule has 2 heterocycles. The van der Waals surface area contributed by atoms with Gasteiger partial charge in [0.25, 0.3) is 0 Å². The quantitative estimate of drug-likeness (QED) is 0.721. The van der Waals surface area contributed by atoms with Gasteiger partial charge >= 0.3 is 0 Å². The maximum Gasteiger partial charge on any atom is 0.238 e. The van der Waals surface area contributed by atoms with Crippen molar-refractivity contribution in [1.82, 2.24) is 20.2 Å². The second kappa shape index (κ2) is 4.16. The lowest BCUT2D eigenvalue weighted by molar-refractivity contribution is -0.0637. The number of H-pyrrole nitrogens is 1. The van der Waals surface area contributed by atoms with Crippen molar-refractivity contribution in [2.24, 2.45) is 0 Å². The topological polar surface area (TPSA) is 65.0 Å². The van der Waals surface area contributed by atoms with E-state index in [1.165, 1.54) is 0 Å². The molecule has 1 aliphatic rings. The summed E-state index contributed by atoms with van der Waals surface area (Å²) < 4.78 is 12.8. The van der Waals surface area contributed by atoms with Gasteiger partial charge in [-0.25, -0.2) is 4.68 Å². The Kier molecular flexibility index (Phi) is 2.90. The lowest BCUT2D eigenvalue weighted by atomic mass is 10.1. The molecule has 2 atom stereocenters. The molecule has 6 nitrogen and oxygen atoms in total. The van der Waals surface area contributed by atoms with E-state index in [-0.39, 0.29) is 12.1 Å². The first kappa shape index (κ1) is 9.75. The summed E-state index contributed by atoms with van der Waals surface area (Å²) in [4.78, 5) is 0. The standard InChI is InChI=1S/C7H12N4O2S/c1-12-6-4-13-3-2-5(6)11-7(14)8-9-10-11/h5-6H,2-4H2,1H3,(H,8,10,14). The summed E-state index contributed by atoms with van der Waals surface area (Å²) >= 11 is 5.03. The molecule has 14 heavy (non-hydrogen) atoms. The van der Waals surface area contributed by atoms with Crippen molar-refractivity contribution in [3.63, 3.8) is 0 Å². The molecule has 0 amide bonds. The second-order valence-electron chi connectivity index (χ2n) is 3.16. The van der Waals surface area contributed by atoms with Gasteiger partial charge in [0.15, 0.2) is 0 Å². The molecule has 2 rings (SSSR count). The van der Waals surface area contributed by atoms with Crippen molar-refractivity contribution >= 4 is 12.2 Å². The molecule has 1 N–H and O–H groups in total. The molecular weight excluding hydrogens is 204 g/mol. The van der Waals surface area contributed by atoms with Gasteiger partial charge in [-0.15, -0.1) is 0 Å². The molecule has 0 bridgehead atoms. The molecule has 1 fully saturated rings. The van der Waals surface area contributed by atoms with Gasteiger partial charge in [-0.3, -0.25) is 0 Å². The minimum Gasteiger partial charge on any atom is -0.379 e. The van der Waals surface area contributed by atoms with Crippen LogP contribution in [0.5, 0.6) is 0 Å². The first-order chi connectivity index (χ1) is 6.83. The van der Waals surface area contributed by atoms with Gasteiger partial charge in [0, 0.05) is 13.7 Å². The van der Waals surface area contributed by atoms with Crippen LogP contribution < -0.4 is 0 Å². The first-order valence-corrected chi connectivity index (χ1v) is 4.84. The molecule has 1 aliphatic heterocycles. The summed E-state index contributed by atoms with van der Waals surface area (Å²) in [6, 6.07) is 0.149. The average Bonchev–Trinajstić information content (AvgIpc) is 2.64. The molecule has 0 saturated carbocycles. The van der Waals surface area contributed by atoms with E-state index in [9.17, 15) is 0 Å². The highest BCUT2D eigenvalue weighted by Gasteiger charge is 2.28. The monoisotopic (exact) mass is 216 g/mol. The SMILES string of the molecule is COC1COCCC1n1[nH]nnc1=S. The fourth-order valence-electron chi connectivity index (χ4n) is 1.64. The Morgan fingerprint density at radius 3 is 3.21 bits per heavy atom. The van der Waals surface area contributed by atoms with Crippen LogP contribution in [0.1, 0.15) is 12.5 Å². The van der Waals surface area contributed by atoms with Gasteiger partial charge in [-0.2, -0.15) is 5.21 Å². The molecule has 2 unspecified atom stereocenters. The van der Waals surface area contributed by atoms with E-state index >= 15 is 0 Å². The largest absolute Gasteiger partial charge is 0.379 e. The van der Waals surface area contributed by atoms with Crippen molar-refractivity contribution in [3.05, 3.63) is 4.77 Å². The maximum absolute atomic E-state index is 5.31. The van der Waals surface area contributed by atoms with E-state index in [0.29, 0.717) is 18.0 Å². The van der Waals surface area contributed by atoms with Gasteiger partial charge < -0.3 is 9.47 Å². The molecule has 78 valence electrons. The summed E-state index contributed by atoms with van der Waals surface area (Å²) in [6.45, 7) is 1.30. The zero-order valence-corrected chi connectivity index (χ0v) is 8.66. The third kappa shape index (κ3) is 1.70. The van der Waals surface area contributed by atoms with Crippen molar-refractivity contribution in [2.75, 3.05) is 20.3 Å². The van der Waals surface area contributed by atoms with E-state index in [1.54, 1.807) is 11.8 Å². The number of aromatic nitrogens is 4. The van der Waals surface area contributed by atoms with Crippen LogP contribution in [0.2, 0.25) is 0 Å². The zero-order chi connectivity index (χ0) is 9.97. The number of aromatic amines is 1. The predicted molar refractivity (Wildman–Crippen MR) is 50.5 cm³/mol. The Balaban J connectivity index is 2.23. The van der Waals surface area contributed by atoms with E-state index in [2.05, 4.69) is 15.5 Å². The van der Waals surface area contributed by atoms with Gasteiger partial charge in [0.2, 0.25) is 4.77 Å². The number of ether oxygens (including phenoxy) is 2. The molecule has 0 radical (unpaired) electrons. The fraction of sp³-hybridized carbons (Fsp3) is 0.857. The number of nitrogens with one attached hydrogen (secondary N) is 1. The summed E-state index contributed by atoms with van der Waals surface area (Å²) in [7, 11) is 1.67. The maximum atomic E-state index is 5.31. The Labute approximate surface area is 86.2 Å². The van der Waals surface area contributed by atoms with Crippen LogP contribution >= 0.6 is 12.2 Å². The van der Waals surface area contributed by atoms with Crippen LogP contribution in [0.3, 0.4) is 0 Å². The van der Waals surface area contributed by atoms with Crippen molar-refractivity contribution in [2.45, 2.75) is 18.6 Å². The number of hydrogen-bond acceptors (Lipinski definition) is 5. The number of tetrazole rings is 1. The third-order valence-corrected chi connectivity index (χ3v) is 2.68. The summed E-state index contributed by atoms with van der Waals surface area (Å²) in [5.74, 6) is 0. The second-order valence-corrected chi connectivity index (χ2v) is 3.52.